The van der Waals surface area contributed by atoms with E-state index >= 15 is 0 Å². The molecule has 0 saturated carbocycles. The monoisotopic (exact) mass is 365 g/mol. The van der Waals surface area contributed by atoms with Gasteiger partial charge >= 0.3 is 17.9 Å². The van der Waals surface area contributed by atoms with Crippen molar-refractivity contribution in [3.63, 3.8) is 0 Å². The zero-order valence-corrected chi connectivity index (χ0v) is 14.8. The van der Waals surface area contributed by atoms with E-state index in [-0.39, 0.29) is 17.2 Å². The molecule has 0 bridgehead atoms. The number of nitrogens with zero attached hydrogens (tertiary/aromatic N) is 1. The van der Waals surface area contributed by atoms with E-state index in [9.17, 15) is 24.7 Å². The average molecular weight is 365 g/mol. The Morgan fingerprint density at radius 2 is 1.28 bits per heavy atom. The maximum atomic E-state index is 10.3. The molecule has 0 unspecified atom stereocenters. The van der Waals surface area contributed by atoms with Crippen LogP contribution in [-0.2, 0) is 14.4 Å². The molecule has 0 radical (unpaired) electrons. The minimum Gasteiger partial charge on any atom is -0.481 e. The molecule has 0 aromatic carbocycles. The lowest BCUT2D eigenvalue weighted by molar-refractivity contribution is -0.257. The van der Waals surface area contributed by atoms with Crippen molar-refractivity contribution in [2.45, 2.75) is 76.2 Å². The maximum absolute atomic E-state index is 10.3. The molecule has 25 heavy (non-hydrogen) atoms. The minimum absolute atomic E-state index is 0.293. The lowest BCUT2D eigenvalue weighted by Gasteiger charge is -2.50. The van der Waals surface area contributed by atoms with Crippen molar-refractivity contribution in [1.82, 2.24) is 5.06 Å². The normalized spacial score (nSPS) is 20.3. The fraction of sp³-hybridized carbons (Fsp3) is 0.800. The topological polar surface area (TPSA) is 176 Å². The van der Waals surface area contributed by atoms with Gasteiger partial charge in [-0.25, -0.2) is 4.79 Å². The van der Waals surface area contributed by atoms with Crippen LogP contribution in [-0.4, -0.2) is 76.5 Å². The standard InChI is InChI=1S/C9H19NO2.C6H8O7/c1-8(2)5-7(11)6-9(3,4)10(8)12;7-3(8)1-6(13,5(11)12)2-4(9)10/h7,11-12H,5-6H2,1-4H3;13H,1-2H2,(H,7,8)(H,9,10)(H,11,12). The van der Waals surface area contributed by atoms with E-state index in [4.69, 9.17) is 20.4 Å². The highest BCUT2D eigenvalue weighted by Crippen LogP contribution is 2.36. The number of aliphatic hydroxyl groups is 2. The van der Waals surface area contributed by atoms with Gasteiger partial charge in [0.25, 0.3) is 0 Å². The van der Waals surface area contributed by atoms with Gasteiger partial charge in [-0.2, -0.15) is 5.06 Å². The lowest BCUT2D eigenvalue weighted by Crippen LogP contribution is -2.60. The van der Waals surface area contributed by atoms with Crippen LogP contribution in [0.4, 0.5) is 0 Å². The first kappa shape index (κ1) is 23.2. The van der Waals surface area contributed by atoms with Crippen LogP contribution in [0.15, 0.2) is 0 Å². The number of hydroxylamine groups is 2. The average Bonchev–Trinajstić information content (AvgIpc) is 2.33. The molecule has 1 rings (SSSR count). The highest BCUT2D eigenvalue weighted by molar-refractivity contribution is 5.88. The fourth-order valence-electron chi connectivity index (χ4n) is 2.93. The second-order valence-corrected chi connectivity index (χ2v) is 7.48. The van der Waals surface area contributed by atoms with Crippen LogP contribution in [0.25, 0.3) is 0 Å². The number of piperidine rings is 1. The third kappa shape index (κ3) is 6.94. The lowest BCUT2D eigenvalue weighted by atomic mass is 9.80. The van der Waals surface area contributed by atoms with Crippen LogP contribution in [0.1, 0.15) is 53.4 Å². The minimum atomic E-state index is -2.74. The molecule has 146 valence electrons. The van der Waals surface area contributed by atoms with Crippen LogP contribution in [0.3, 0.4) is 0 Å². The van der Waals surface area contributed by atoms with Crippen LogP contribution in [0.2, 0.25) is 0 Å². The first-order valence-corrected chi connectivity index (χ1v) is 7.60. The van der Waals surface area contributed by atoms with E-state index in [1.54, 1.807) is 0 Å². The molecule has 1 saturated heterocycles. The van der Waals surface area contributed by atoms with Gasteiger partial charge < -0.3 is 30.7 Å². The smallest absolute Gasteiger partial charge is 0.336 e. The van der Waals surface area contributed by atoms with Crippen molar-refractivity contribution >= 4 is 17.9 Å². The molecule has 0 aromatic rings. The van der Waals surface area contributed by atoms with Crippen molar-refractivity contribution < 1.29 is 45.1 Å². The number of aliphatic carboxylic acids is 3. The van der Waals surface area contributed by atoms with E-state index in [0.717, 1.165) is 0 Å². The summed E-state index contributed by atoms with van der Waals surface area (Å²) in [4.78, 5) is 30.5. The zero-order chi connectivity index (χ0) is 20.2. The molecule has 0 aromatic heterocycles. The predicted molar refractivity (Wildman–Crippen MR) is 84.1 cm³/mol. The number of rotatable bonds is 5. The fourth-order valence-corrected chi connectivity index (χ4v) is 2.93. The Morgan fingerprint density at radius 3 is 1.52 bits per heavy atom. The van der Waals surface area contributed by atoms with E-state index < -0.39 is 36.4 Å². The summed E-state index contributed by atoms with van der Waals surface area (Å²) < 4.78 is 0. The van der Waals surface area contributed by atoms with Crippen molar-refractivity contribution in [3.05, 3.63) is 0 Å². The molecule has 0 aliphatic carbocycles. The van der Waals surface area contributed by atoms with Crippen molar-refractivity contribution in [2.75, 3.05) is 0 Å². The largest absolute Gasteiger partial charge is 0.481 e. The van der Waals surface area contributed by atoms with Gasteiger partial charge in [0.1, 0.15) is 0 Å². The van der Waals surface area contributed by atoms with E-state index in [0.29, 0.717) is 12.8 Å². The van der Waals surface area contributed by atoms with Gasteiger partial charge in [-0.3, -0.25) is 9.59 Å². The van der Waals surface area contributed by atoms with Crippen molar-refractivity contribution in [3.8, 4) is 0 Å². The predicted octanol–water partition coefficient (Wildman–Crippen LogP) is 0.141. The van der Waals surface area contributed by atoms with E-state index in [1.165, 1.54) is 5.06 Å². The van der Waals surface area contributed by atoms with Gasteiger partial charge in [0.2, 0.25) is 0 Å². The Hall–Kier alpha value is -1.75. The Kier molecular flexibility index (Phi) is 7.52. The Morgan fingerprint density at radius 1 is 0.960 bits per heavy atom. The molecule has 10 heteroatoms. The number of carboxylic acids is 3. The van der Waals surface area contributed by atoms with Crippen LogP contribution in [0, 0.1) is 0 Å². The van der Waals surface area contributed by atoms with Crippen LogP contribution >= 0.6 is 0 Å². The molecule has 10 nitrogen and oxygen atoms in total. The second-order valence-electron chi connectivity index (χ2n) is 7.48. The van der Waals surface area contributed by atoms with Gasteiger partial charge in [0, 0.05) is 11.1 Å². The molecule has 1 aliphatic heterocycles. The molecular formula is C15H27NO9. The molecule has 6 N–H and O–H groups in total. The van der Waals surface area contributed by atoms with E-state index in [2.05, 4.69) is 0 Å². The number of carbonyl (C=O) groups is 3. The Labute approximate surface area is 145 Å². The maximum Gasteiger partial charge on any atom is 0.336 e. The van der Waals surface area contributed by atoms with Crippen LogP contribution in [0.5, 0.6) is 0 Å². The van der Waals surface area contributed by atoms with E-state index in [1.807, 2.05) is 27.7 Å². The number of hydrogen-bond acceptors (Lipinski definition) is 7. The summed E-state index contributed by atoms with van der Waals surface area (Å²) in [5.74, 6) is -5.02. The molecule has 1 aliphatic rings. The van der Waals surface area contributed by atoms with Gasteiger partial charge in [0.05, 0.1) is 18.9 Å². The van der Waals surface area contributed by atoms with Gasteiger partial charge in [-0.05, 0) is 40.5 Å². The van der Waals surface area contributed by atoms with Crippen molar-refractivity contribution in [1.29, 1.82) is 0 Å². The quantitative estimate of drug-likeness (QED) is 0.393. The highest BCUT2D eigenvalue weighted by atomic mass is 16.5. The summed E-state index contributed by atoms with van der Waals surface area (Å²) >= 11 is 0. The molecule has 0 spiro atoms. The summed E-state index contributed by atoms with van der Waals surface area (Å²) in [6.07, 6.45) is -1.32. The Bertz CT molecular complexity index is 481. The van der Waals surface area contributed by atoms with Gasteiger partial charge in [-0.15, -0.1) is 0 Å². The zero-order valence-electron chi connectivity index (χ0n) is 14.8. The molecule has 0 atom stereocenters. The molecule has 1 fully saturated rings. The van der Waals surface area contributed by atoms with Crippen LogP contribution < -0.4 is 0 Å². The summed E-state index contributed by atoms with van der Waals surface area (Å²) in [6, 6.07) is 0. The Balaban J connectivity index is 0.000000462. The molecule has 0 amide bonds. The second kappa shape index (κ2) is 8.09. The highest BCUT2D eigenvalue weighted by Gasteiger charge is 2.44. The number of aliphatic hydroxyl groups excluding tert-OH is 1. The SMILES string of the molecule is CC1(C)CC(O)CC(C)(C)N1O.O=C(O)CC(O)(CC(=O)O)C(=O)O. The summed E-state index contributed by atoms with van der Waals surface area (Å²) in [6.45, 7) is 7.77. The van der Waals surface area contributed by atoms with Crippen molar-refractivity contribution in [2.24, 2.45) is 0 Å². The third-order valence-corrected chi connectivity index (χ3v) is 3.90. The number of hydrogen-bond donors (Lipinski definition) is 6. The third-order valence-electron chi connectivity index (χ3n) is 3.90. The summed E-state index contributed by atoms with van der Waals surface area (Å²) in [5, 5.41) is 54.5. The summed E-state index contributed by atoms with van der Waals surface area (Å²) in [5.41, 5.74) is -3.38. The van der Waals surface area contributed by atoms with Gasteiger partial charge in [-0.1, -0.05) is 0 Å². The summed E-state index contributed by atoms with van der Waals surface area (Å²) in [7, 11) is 0. The van der Waals surface area contributed by atoms with Gasteiger partial charge in [0.15, 0.2) is 5.60 Å². The molecular weight excluding hydrogens is 338 g/mol. The first-order chi connectivity index (χ1) is 11.0. The number of carboxylic acid groups (broad SMARTS) is 3. The first-order valence-electron chi connectivity index (χ1n) is 7.60. The molecule has 1 heterocycles.